The molecule has 0 N–H and O–H groups in total. The molecule has 0 aromatic heterocycles. The van der Waals surface area contributed by atoms with Crippen molar-refractivity contribution in [3.63, 3.8) is 0 Å². The maximum absolute atomic E-state index is 15.2. The van der Waals surface area contributed by atoms with Crippen LogP contribution in [-0.2, 0) is 26.2 Å². The van der Waals surface area contributed by atoms with E-state index in [1.807, 2.05) is 4.90 Å². The maximum Gasteiger partial charge on any atom is 0.573 e. The number of amides is 1. The van der Waals surface area contributed by atoms with Gasteiger partial charge >= 0.3 is 24.4 Å². The van der Waals surface area contributed by atoms with E-state index in [1.165, 1.54) is 13.2 Å². The summed E-state index contributed by atoms with van der Waals surface area (Å²) < 4.78 is 130. The summed E-state index contributed by atoms with van der Waals surface area (Å²) in [5, 5.41) is 0. The van der Waals surface area contributed by atoms with Gasteiger partial charge < -0.3 is 19.0 Å². The molecule has 1 heterocycles. The highest BCUT2D eigenvalue weighted by molar-refractivity contribution is 7.88. The molecule has 1 aliphatic carbocycles. The van der Waals surface area contributed by atoms with Crippen LogP contribution in [0.3, 0.4) is 0 Å². The molecule has 45 heavy (non-hydrogen) atoms. The molecular formula is C27H27F7N2O8S. The molecule has 0 unspecified atom stereocenters. The van der Waals surface area contributed by atoms with Crippen molar-refractivity contribution in [3.8, 4) is 17.2 Å². The van der Waals surface area contributed by atoms with E-state index in [9.17, 15) is 44.3 Å². The van der Waals surface area contributed by atoms with Gasteiger partial charge in [-0.25, -0.2) is 17.6 Å². The minimum absolute atomic E-state index is 0.0443. The van der Waals surface area contributed by atoms with Gasteiger partial charge in [0.2, 0.25) is 0 Å². The topological polar surface area (TPSA) is 112 Å². The van der Waals surface area contributed by atoms with E-state index in [0.29, 0.717) is 56.2 Å². The lowest BCUT2D eigenvalue weighted by molar-refractivity contribution is -0.274. The summed E-state index contributed by atoms with van der Waals surface area (Å²) in [6.07, 6.45) is -8.32. The van der Waals surface area contributed by atoms with Crippen LogP contribution in [0.1, 0.15) is 53.1 Å². The lowest BCUT2D eigenvalue weighted by atomic mass is 10.0. The van der Waals surface area contributed by atoms with Gasteiger partial charge in [-0.3, -0.25) is 9.69 Å². The molecule has 1 atom stereocenters. The molecule has 1 saturated heterocycles. The Kier molecular flexibility index (Phi) is 9.77. The summed E-state index contributed by atoms with van der Waals surface area (Å²) in [6, 6.07) is 5.51. The van der Waals surface area contributed by atoms with Crippen molar-refractivity contribution in [1.29, 1.82) is 0 Å². The van der Waals surface area contributed by atoms with Crippen LogP contribution in [0.5, 0.6) is 17.2 Å². The zero-order chi connectivity index (χ0) is 33.3. The third-order valence-electron chi connectivity index (χ3n) is 6.85. The number of hydrogen-bond acceptors (Lipinski definition) is 9. The van der Waals surface area contributed by atoms with Crippen molar-refractivity contribution in [1.82, 2.24) is 9.37 Å². The smallest absolute Gasteiger partial charge is 0.496 e. The van der Waals surface area contributed by atoms with Crippen LogP contribution in [0, 0.1) is 5.82 Å². The quantitative estimate of drug-likeness (QED) is 0.266. The number of rotatable bonds is 9. The molecule has 0 radical (unpaired) electrons. The number of alkyl halides is 6. The van der Waals surface area contributed by atoms with Crippen LogP contribution in [-0.4, -0.2) is 74.8 Å². The zero-order valence-electron chi connectivity index (χ0n) is 23.7. The molecule has 2 fully saturated rings. The predicted molar refractivity (Wildman–Crippen MR) is 140 cm³/mol. The standard InChI is InChI=1S/C27H27F7N2O8S/c1-41-22-10-17(43-27(32,33)34)8-7-16(22)13-35-9-3-4-18(14-35)42-23-12-21(28)20(11-19(23)15-5-6-15)24(37)36(45(2,39)40)44-25(38)26(29,30)31/h7-8,10-12,15,18H,3-6,9,13-14H2,1-2H3/t18-/m1/s1. The number of benzene rings is 2. The summed E-state index contributed by atoms with van der Waals surface area (Å²) in [5.41, 5.74) is -0.0590. The molecule has 2 aromatic carbocycles. The summed E-state index contributed by atoms with van der Waals surface area (Å²) >= 11 is 0. The van der Waals surface area contributed by atoms with Crippen LogP contribution in [0.15, 0.2) is 30.3 Å². The van der Waals surface area contributed by atoms with Crippen molar-refractivity contribution >= 4 is 21.9 Å². The van der Waals surface area contributed by atoms with Crippen molar-refractivity contribution in [3.05, 3.63) is 52.8 Å². The second kappa shape index (κ2) is 12.9. The van der Waals surface area contributed by atoms with E-state index in [2.05, 4.69) is 9.57 Å². The second-order valence-corrected chi connectivity index (χ2v) is 12.3. The van der Waals surface area contributed by atoms with E-state index in [-0.39, 0.29) is 24.0 Å². The summed E-state index contributed by atoms with van der Waals surface area (Å²) in [4.78, 5) is 29.9. The third-order valence-corrected chi connectivity index (χ3v) is 7.70. The number of carbonyl (C=O) groups excluding carboxylic acids is 2. The fraction of sp³-hybridized carbons (Fsp3) is 0.481. The van der Waals surface area contributed by atoms with Crippen molar-refractivity contribution < 1.29 is 67.8 Å². The lowest BCUT2D eigenvalue weighted by Crippen LogP contribution is -2.42. The molecule has 4 rings (SSSR count). The monoisotopic (exact) mass is 672 g/mol. The molecule has 2 aliphatic rings. The Balaban J connectivity index is 1.52. The first-order valence-electron chi connectivity index (χ1n) is 13.3. The van der Waals surface area contributed by atoms with Crippen LogP contribution < -0.4 is 14.2 Å². The highest BCUT2D eigenvalue weighted by Gasteiger charge is 2.46. The predicted octanol–water partition coefficient (Wildman–Crippen LogP) is 5.08. The highest BCUT2D eigenvalue weighted by atomic mass is 32.2. The zero-order valence-corrected chi connectivity index (χ0v) is 24.5. The number of likely N-dealkylation sites (tertiary alicyclic amines) is 1. The molecule has 10 nitrogen and oxygen atoms in total. The maximum atomic E-state index is 15.2. The van der Waals surface area contributed by atoms with E-state index in [4.69, 9.17) is 9.47 Å². The normalized spacial score (nSPS) is 17.8. The van der Waals surface area contributed by atoms with Crippen LogP contribution in [0.25, 0.3) is 0 Å². The first-order chi connectivity index (χ1) is 20.9. The number of nitrogens with zero attached hydrogens (tertiary/aromatic N) is 2. The van der Waals surface area contributed by atoms with E-state index in [1.54, 1.807) is 0 Å². The van der Waals surface area contributed by atoms with Gasteiger partial charge in [0, 0.05) is 30.8 Å². The fourth-order valence-electron chi connectivity index (χ4n) is 4.76. The van der Waals surface area contributed by atoms with Gasteiger partial charge in [0.25, 0.3) is 10.0 Å². The first-order valence-corrected chi connectivity index (χ1v) is 15.2. The largest absolute Gasteiger partial charge is 0.573 e. The average Bonchev–Trinajstić information content (AvgIpc) is 3.76. The number of hydroxylamine groups is 1. The minimum atomic E-state index is -5.64. The Morgan fingerprint density at radius 2 is 1.71 bits per heavy atom. The fourth-order valence-corrected chi connectivity index (χ4v) is 5.36. The number of halogens is 7. The van der Waals surface area contributed by atoms with E-state index >= 15 is 4.39 Å². The van der Waals surface area contributed by atoms with Gasteiger partial charge in [0.1, 0.15) is 29.2 Å². The summed E-state index contributed by atoms with van der Waals surface area (Å²) in [7, 11) is -3.61. The minimum Gasteiger partial charge on any atom is -0.496 e. The molecule has 1 amide bonds. The van der Waals surface area contributed by atoms with Crippen LogP contribution >= 0.6 is 0 Å². The van der Waals surface area contributed by atoms with Crippen molar-refractivity contribution in [2.75, 3.05) is 26.5 Å². The van der Waals surface area contributed by atoms with Crippen molar-refractivity contribution in [2.24, 2.45) is 0 Å². The van der Waals surface area contributed by atoms with Crippen LogP contribution in [0.4, 0.5) is 30.7 Å². The number of methoxy groups -OCH3 is 1. The van der Waals surface area contributed by atoms with Crippen molar-refractivity contribution in [2.45, 2.75) is 56.8 Å². The molecule has 1 saturated carbocycles. The molecule has 248 valence electrons. The molecule has 0 spiro atoms. The van der Waals surface area contributed by atoms with Gasteiger partial charge in [-0.05, 0) is 55.8 Å². The van der Waals surface area contributed by atoms with Gasteiger partial charge in [0.15, 0.2) is 0 Å². The second-order valence-electron chi connectivity index (χ2n) is 10.5. The Hall–Kier alpha value is -3.80. The van der Waals surface area contributed by atoms with E-state index < -0.39 is 62.1 Å². The first kappa shape index (κ1) is 34.1. The van der Waals surface area contributed by atoms with Gasteiger partial charge in [-0.1, -0.05) is 10.5 Å². The SMILES string of the molecule is COc1cc(OC(F)(F)F)ccc1CN1CCC[C@@H](Oc2cc(F)c(C(=O)N(OC(=O)C(F)(F)F)S(C)(=O)=O)cc2C2CC2)C1. The van der Waals surface area contributed by atoms with Crippen LogP contribution in [0.2, 0.25) is 0 Å². The van der Waals surface area contributed by atoms with E-state index in [0.717, 1.165) is 24.3 Å². The van der Waals surface area contributed by atoms with Gasteiger partial charge in [0.05, 0.1) is 18.9 Å². The number of piperidine rings is 1. The Labute approximate surface area is 252 Å². The Morgan fingerprint density at radius 3 is 2.29 bits per heavy atom. The molecular weight excluding hydrogens is 645 g/mol. The van der Waals surface area contributed by atoms with Gasteiger partial charge in [-0.2, -0.15) is 13.2 Å². The Morgan fingerprint density at radius 1 is 1.02 bits per heavy atom. The lowest BCUT2D eigenvalue weighted by Gasteiger charge is -2.33. The Bertz CT molecular complexity index is 1540. The number of hydrogen-bond donors (Lipinski definition) is 0. The molecule has 2 aromatic rings. The molecule has 0 bridgehead atoms. The summed E-state index contributed by atoms with van der Waals surface area (Å²) in [6.45, 7) is 1.18. The summed E-state index contributed by atoms with van der Waals surface area (Å²) in [5.74, 6) is -6.60. The number of sulfonamides is 1. The highest BCUT2D eigenvalue weighted by Crippen LogP contribution is 2.46. The number of ether oxygens (including phenoxy) is 3. The molecule has 18 heteroatoms. The average molecular weight is 673 g/mol. The molecule has 1 aliphatic heterocycles. The number of carbonyl (C=O) groups is 2. The third kappa shape index (κ3) is 8.90. The van der Waals surface area contributed by atoms with Gasteiger partial charge in [-0.15, -0.1) is 13.2 Å².